The third-order valence-corrected chi connectivity index (χ3v) is 3.98. The molecule has 0 unspecified atom stereocenters. The maximum absolute atomic E-state index is 11.5. The SMILES string of the molecule is CCNC(=O)c1ccc(NCCN(C)S(C)(=O)=O)nc1. The Labute approximate surface area is 119 Å². The van der Waals surface area contributed by atoms with Crippen molar-refractivity contribution in [1.82, 2.24) is 14.6 Å². The molecule has 1 aromatic heterocycles. The van der Waals surface area contributed by atoms with Crippen molar-refractivity contribution in [2.45, 2.75) is 6.92 Å². The van der Waals surface area contributed by atoms with Crippen molar-refractivity contribution in [3.63, 3.8) is 0 Å². The number of nitrogens with zero attached hydrogens (tertiary/aromatic N) is 2. The third-order valence-electron chi connectivity index (χ3n) is 2.66. The fraction of sp³-hybridized carbons (Fsp3) is 0.500. The summed E-state index contributed by atoms with van der Waals surface area (Å²) in [7, 11) is -1.65. The van der Waals surface area contributed by atoms with Gasteiger partial charge in [0.15, 0.2) is 0 Å². The first-order valence-electron chi connectivity index (χ1n) is 6.24. The number of pyridine rings is 1. The second-order valence-corrected chi connectivity index (χ2v) is 6.39. The summed E-state index contributed by atoms with van der Waals surface area (Å²) in [5.41, 5.74) is 0.491. The summed E-state index contributed by atoms with van der Waals surface area (Å²) in [5, 5.41) is 5.68. The smallest absolute Gasteiger partial charge is 0.252 e. The van der Waals surface area contributed by atoms with Crippen LogP contribution in [-0.4, -0.2) is 56.6 Å². The van der Waals surface area contributed by atoms with Gasteiger partial charge in [0.05, 0.1) is 11.8 Å². The summed E-state index contributed by atoms with van der Waals surface area (Å²) in [6, 6.07) is 3.35. The van der Waals surface area contributed by atoms with Gasteiger partial charge in [-0.25, -0.2) is 17.7 Å². The van der Waals surface area contributed by atoms with Gasteiger partial charge in [-0.2, -0.15) is 0 Å². The van der Waals surface area contributed by atoms with Crippen LogP contribution in [0.2, 0.25) is 0 Å². The first kappa shape index (κ1) is 16.4. The van der Waals surface area contributed by atoms with Gasteiger partial charge in [0.1, 0.15) is 5.82 Å². The van der Waals surface area contributed by atoms with E-state index in [-0.39, 0.29) is 5.91 Å². The lowest BCUT2D eigenvalue weighted by Crippen LogP contribution is -2.30. The minimum absolute atomic E-state index is 0.164. The normalized spacial score (nSPS) is 11.4. The molecule has 0 aliphatic carbocycles. The van der Waals surface area contributed by atoms with Gasteiger partial charge in [0.25, 0.3) is 5.91 Å². The van der Waals surface area contributed by atoms with Crippen molar-refractivity contribution >= 4 is 21.7 Å². The number of rotatable bonds is 7. The van der Waals surface area contributed by atoms with E-state index in [2.05, 4.69) is 15.6 Å². The lowest BCUT2D eigenvalue weighted by atomic mass is 10.2. The number of nitrogens with one attached hydrogen (secondary N) is 2. The number of amides is 1. The molecule has 0 saturated heterocycles. The summed E-state index contributed by atoms with van der Waals surface area (Å²) in [5.74, 6) is 0.434. The summed E-state index contributed by atoms with van der Waals surface area (Å²) in [6.45, 7) is 3.20. The van der Waals surface area contributed by atoms with E-state index in [1.807, 2.05) is 6.92 Å². The van der Waals surface area contributed by atoms with Gasteiger partial charge in [-0.05, 0) is 19.1 Å². The lowest BCUT2D eigenvalue weighted by molar-refractivity contribution is 0.0955. The zero-order chi connectivity index (χ0) is 15.2. The van der Waals surface area contributed by atoms with Crippen molar-refractivity contribution in [3.8, 4) is 0 Å². The van der Waals surface area contributed by atoms with Crippen molar-refractivity contribution in [1.29, 1.82) is 0 Å². The number of hydrogen-bond donors (Lipinski definition) is 2. The van der Waals surface area contributed by atoms with Crippen LogP contribution in [0.4, 0.5) is 5.82 Å². The van der Waals surface area contributed by atoms with E-state index in [9.17, 15) is 13.2 Å². The first-order chi connectivity index (χ1) is 9.34. The minimum Gasteiger partial charge on any atom is -0.369 e. The molecule has 0 aliphatic heterocycles. The highest BCUT2D eigenvalue weighted by Crippen LogP contribution is 2.05. The quantitative estimate of drug-likeness (QED) is 0.747. The predicted octanol–water partition coefficient (Wildman–Crippen LogP) is 0.135. The Bertz CT molecular complexity index is 542. The molecule has 112 valence electrons. The molecule has 7 nitrogen and oxygen atoms in total. The highest BCUT2D eigenvalue weighted by Gasteiger charge is 2.10. The maximum atomic E-state index is 11.5. The molecule has 0 spiro atoms. The molecule has 0 aromatic carbocycles. The van der Waals surface area contributed by atoms with E-state index >= 15 is 0 Å². The largest absolute Gasteiger partial charge is 0.369 e. The zero-order valence-electron chi connectivity index (χ0n) is 11.9. The molecule has 1 rings (SSSR count). The monoisotopic (exact) mass is 300 g/mol. The van der Waals surface area contributed by atoms with Crippen LogP contribution in [0.25, 0.3) is 0 Å². The maximum Gasteiger partial charge on any atom is 0.252 e. The molecule has 0 fully saturated rings. The summed E-state index contributed by atoms with van der Waals surface area (Å²) >= 11 is 0. The molecule has 1 amide bonds. The molecule has 2 N–H and O–H groups in total. The Morgan fingerprint density at radius 2 is 2.10 bits per heavy atom. The predicted molar refractivity (Wildman–Crippen MR) is 78.2 cm³/mol. The van der Waals surface area contributed by atoms with E-state index < -0.39 is 10.0 Å². The lowest BCUT2D eigenvalue weighted by Gasteiger charge is -2.14. The van der Waals surface area contributed by atoms with Crippen LogP contribution in [0.1, 0.15) is 17.3 Å². The Hall–Kier alpha value is -1.67. The molecule has 1 heterocycles. The Balaban J connectivity index is 2.48. The van der Waals surface area contributed by atoms with Crippen molar-refractivity contribution in [2.24, 2.45) is 0 Å². The van der Waals surface area contributed by atoms with Crippen molar-refractivity contribution < 1.29 is 13.2 Å². The van der Waals surface area contributed by atoms with Gasteiger partial charge >= 0.3 is 0 Å². The fourth-order valence-electron chi connectivity index (χ4n) is 1.40. The average molecular weight is 300 g/mol. The van der Waals surface area contributed by atoms with Crippen LogP contribution in [0, 0.1) is 0 Å². The number of likely N-dealkylation sites (N-methyl/N-ethyl adjacent to an activating group) is 1. The topological polar surface area (TPSA) is 91.4 Å². The molecule has 0 atom stereocenters. The molecule has 0 aliphatic rings. The molecule has 1 aromatic rings. The van der Waals surface area contributed by atoms with Gasteiger partial charge in [0.2, 0.25) is 10.0 Å². The number of sulfonamides is 1. The average Bonchev–Trinajstić information content (AvgIpc) is 2.38. The Morgan fingerprint density at radius 1 is 1.40 bits per heavy atom. The molecular weight excluding hydrogens is 280 g/mol. The molecular formula is C12H20N4O3S. The van der Waals surface area contributed by atoms with Crippen LogP contribution in [0.3, 0.4) is 0 Å². The molecule has 0 saturated carbocycles. The fourth-order valence-corrected chi connectivity index (χ4v) is 1.83. The Kier molecular flexibility index (Phi) is 5.90. The number of hydrogen-bond acceptors (Lipinski definition) is 5. The standard InChI is InChI=1S/C12H20N4O3S/c1-4-13-12(17)10-5-6-11(15-9-10)14-7-8-16(2)20(3,18)19/h5-6,9H,4,7-8H2,1-3H3,(H,13,17)(H,14,15). The van der Waals surface area contributed by atoms with Gasteiger partial charge in [-0.1, -0.05) is 0 Å². The zero-order valence-corrected chi connectivity index (χ0v) is 12.7. The number of aromatic nitrogens is 1. The molecule has 20 heavy (non-hydrogen) atoms. The summed E-state index contributed by atoms with van der Waals surface area (Å²) in [4.78, 5) is 15.6. The van der Waals surface area contributed by atoms with Crippen LogP contribution in [-0.2, 0) is 10.0 Å². The summed E-state index contributed by atoms with van der Waals surface area (Å²) < 4.78 is 23.6. The van der Waals surface area contributed by atoms with Crippen LogP contribution < -0.4 is 10.6 Å². The highest BCUT2D eigenvalue weighted by molar-refractivity contribution is 7.88. The molecule has 8 heteroatoms. The summed E-state index contributed by atoms with van der Waals surface area (Å²) in [6.07, 6.45) is 2.64. The van der Waals surface area contributed by atoms with Crippen molar-refractivity contribution in [2.75, 3.05) is 38.3 Å². The number of carbonyl (C=O) groups excluding carboxylic acids is 1. The van der Waals surface area contributed by atoms with E-state index in [4.69, 9.17) is 0 Å². The molecule has 0 bridgehead atoms. The van der Waals surface area contributed by atoms with Crippen molar-refractivity contribution in [3.05, 3.63) is 23.9 Å². The van der Waals surface area contributed by atoms with Gasteiger partial charge in [0, 0.05) is 32.9 Å². The van der Waals surface area contributed by atoms with E-state index in [0.29, 0.717) is 31.0 Å². The third kappa shape index (κ3) is 5.14. The second kappa shape index (κ2) is 7.20. The van der Waals surface area contributed by atoms with Crippen LogP contribution >= 0.6 is 0 Å². The molecule has 0 radical (unpaired) electrons. The second-order valence-electron chi connectivity index (χ2n) is 4.30. The van der Waals surface area contributed by atoms with E-state index in [0.717, 1.165) is 6.26 Å². The van der Waals surface area contributed by atoms with E-state index in [1.165, 1.54) is 17.5 Å². The highest BCUT2D eigenvalue weighted by atomic mass is 32.2. The minimum atomic E-state index is -3.16. The number of anilines is 1. The van der Waals surface area contributed by atoms with Crippen LogP contribution in [0.5, 0.6) is 0 Å². The van der Waals surface area contributed by atoms with Crippen LogP contribution in [0.15, 0.2) is 18.3 Å². The number of carbonyl (C=O) groups is 1. The van der Waals surface area contributed by atoms with E-state index in [1.54, 1.807) is 12.1 Å². The van der Waals surface area contributed by atoms with Gasteiger partial charge in [-0.15, -0.1) is 0 Å². The van der Waals surface area contributed by atoms with Gasteiger partial charge in [-0.3, -0.25) is 4.79 Å². The Morgan fingerprint density at radius 3 is 2.60 bits per heavy atom. The first-order valence-corrected chi connectivity index (χ1v) is 8.09. The van der Waals surface area contributed by atoms with Gasteiger partial charge < -0.3 is 10.6 Å².